The van der Waals surface area contributed by atoms with Crippen LogP contribution in [0.1, 0.15) is 28.4 Å². The van der Waals surface area contributed by atoms with Crippen LogP contribution in [-0.2, 0) is 11.3 Å². The first-order chi connectivity index (χ1) is 20.9. The van der Waals surface area contributed by atoms with Gasteiger partial charge in [-0.1, -0.05) is 30.3 Å². The van der Waals surface area contributed by atoms with Crippen molar-refractivity contribution >= 4 is 41.3 Å². The Morgan fingerprint density at radius 3 is 2.40 bits per heavy atom. The second-order valence-corrected chi connectivity index (χ2v) is 10.3. The van der Waals surface area contributed by atoms with E-state index in [-0.39, 0.29) is 11.5 Å². The lowest BCUT2D eigenvalue weighted by Gasteiger charge is -2.36. The van der Waals surface area contributed by atoms with Crippen molar-refractivity contribution in [2.24, 2.45) is 0 Å². The number of piperazine rings is 1. The van der Waals surface area contributed by atoms with Crippen LogP contribution >= 0.6 is 0 Å². The highest BCUT2D eigenvalue weighted by Gasteiger charge is 2.18. The van der Waals surface area contributed by atoms with Gasteiger partial charge in [0.05, 0.1) is 18.4 Å². The molecule has 220 valence electrons. The number of methoxy groups -OCH3 is 1. The number of rotatable bonds is 9. The Kier molecular flexibility index (Phi) is 8.97. The minimum absolute atomic E-state index is 0.228. The molecule has 1 fully saturated rings. The standard InChI is InChI=1S/C33H36N8O2/c1-3-14-41-22-30(25-8-9-26(20-34)29(35)19-25)38-32(31(41)36)37-27-10-12-28(13-11-27)40-17-15-39(16-18-40)21-23-4-6-24(7-5-23)33(42)43-2/h3-14,19-20,22,34,36H,15-18,21,35H2,1-2H3,(H,37,38)/b14-3+,34-20?,36-31?. The van der Waals surface area contributed by atoms with Gasteiger partial charge >= 0.3 is 5.97 Å². The fraction of sp³-hybridized carbons (Fsp3) is 0.212. The summed E-state index contributed by atoms with van der Waals surface area (Å²) in [6, 6.07) is 21.3. The molecular formula is C33H36N8O2. The molecule has 0 aliphatic carbocycles. The lowest BCUT2D eigenvalue weighted by Crippen LogP contribution is -2.45. The zero-order chi connectivity index (χ0) is 30.3. The van der Waals surface area contributed by atoms with Crippen LogP contribution in [0.2, 0.25) is 0 Å². The highest BCUT2D eigenvalue weighted by atomic mass is 16.5. The third kappa shape index (κ3) is 6.82. The molecule has 0 saturated carbocycles. The predicted molar refractivity (Wildman–Crippen MR) is 172 cm³/mol. The van der Waals surface area contributed by atoms with Gasteiger partial charge in [-0.15, -0.1) is 0 Å². The molecule has 0 amide bonds. The Labute approximate surface area is 251 Å². The van der Waals surface area contributed by atoms with E-state index in [1.54, 1.807) is 22.9 Å². The van der Waals surface area contributed by atoms with E-state index < -0.39 is 0 Å². The van der Waals surface area contributed by atoms with Crippen LogP contribution in [0.15, 0.2) is 79.0 Å². The minimum Gasteiger partial charge on any atom is -0.465 e. The molecule has 4 aromatic rings. The molecule has 5 N–H and O–H groups in total. The molecule has 5 rings (SSSR count). The van der Waals surface area contributed by atoms with E-state index in [0.29, 0.717) is 28.3 Å². The number of carbonyl (C=O) groups is 1. The van der Waals surface area contributed by atoms with Crippen molar-refractivity contribution in [1.82, 2.24) is 14.5 Å². The highest BCUT2D eigenvalue weighted by Crippen LogP contribution is 2.25. The van der Waals surface area contributed by atoms with Gasteiger partial charge in [-0.3, -0.25) is 10.3 Å². The number of allylic oxidation sites excluding steroid dienone is 1. The van der Waals surface area contributed by atoms with Crippen LogP contribution < -0.4 is 21.4 Å². The molecule has 2 heterocycles. The average Bonchev–Trinajstić information content (AvgIpc) is 3.03. The van der Waals surface area contributed by atoms with E-state index in [2.05, 4.69) is 27.2 Å². The van der Waals surface area contributed by atoms with Gasteiger partial charge in [0.15, 0.2) is 11.3 Å². The molecule has 1 aromatic heterocycles. The summed E-state index contributed by atoms with van der Waals surface area (Å²) >= 11 is 0. The molecule has 0 radical (unpaired) electrons. The number of nitrogens with two attached hydrogens (primary N) is 1. The van der Waals surface area contributed by atoms with Crippen molar-refractivity contribution in [2.45, 2.75) is 13.5 Å². The van der Waals surface area contributed by atoms with E-state index in [1.165, 1.54) is 18.9 Å². The number of nitrogen functional groups attached to an aromatic ring is 1. The third-order valence-corrected chi connectivity index (χ3v) is 7.47. The maximum atomic E-state index is 11.7. The van der Waals surface area contributed by atoms with Gasteiger partial charge in [-0.05, 0) is 55.0 Å². The molecule has 1 saturated heterocycles. The number of benzene rings is 3. The maximum Gasteiger partial charge on any atom is 0.337 e. The molecular weight excluding hydrogens is 540 g/mol. The fourth-order valence-electron chi connectivity index (χ4n) is 5.07. The number of nitrogens with zero attached hydrogens (tertiary/aromatic N) is 4. The summed E-state index contributed by atoms with van der Waals surface area (Å²) in [6.45, 7) is 6.44. The van der Waals surface area contributed by atoms with Gasteiger partial charge < -0.3 is 30.7 Å². The van der Waals surface area contributed by atoms with Crippen molar-refractivity contribution < 1.29 is 9.53 Å². The monoisotopic (exact) mass is 576 g/mol. The lowest BCUT2D eigenvalue weighted by molar-refractivity contribution is 0.0600. The van der Waals surface area contributed by atoms with Crippen molar-refractivity contribution in [2.75, 3.05) is 49.2 Å². The first-order valence-electron chi connectivity index (χ1n) is 14.1. The Morgan fingerprint density at radius 2 is 1.77 bits per heavy atom. The molecule has 1 aliphatic rings. The number of hydrogen-bond donors (Lipinski definition) is 4. The lowest BCUT2D eigenvalue weighted by atomic mass is 10.1. The molecule has 1 aliphatic heterocycles. The number of esters is 1. The number of hydrogen-bond acceptors (Lipinski definition) is 9. The summed E-state index contributed by atoms with van der Waals surface area (Å²) in [5.41, 5.74) is 12.7. The summed E-state index contributed by atoms with van der Waals surface area (Å²) in [7, 11) is 1.39. The van der Waals surface area contributed by atoms with E-state index in [1.807, 2.05) is 61.7 Å². The van der Waals surface area contributed by atoms with Crippen molar-refractivity contribution in [3.63, 3.8) is 0 Å². The van der Waals surface area contributed by atoms with E-state index in [9.17, 15) is 4.79 Å². The minimum atomic E-state index is -0.319. The SMILES string of the molecule is C/C=C/n1cc(-c2ccc(C=N)c(N)c2)nc(Nc2ccc(N3CCN(Cc4ccc(C(=O)OC)cc4)CC3)cc2)c1=N. The summed E-state index contributed by atoms with van der Waals surface area (Å²) in [5.74, 6) is 0.103. The van der Waals surface area contributed by atoms with E-state index in [4.69, 9.17) is 26.3 Å². The zero-order valence-corrected chi connectivity index (χ0v) is 24.4. The molecule has 10 nitrogen and oxygen atoms in total. The first-order valence-corrected chi connectivity index (χ1v) is 14.1. The van der Waals surface area contributed by atoms with Gasteiger partial charge in [0.1, 0.15) is 0 Å². The number of carbonyl (C=O) groups excluding carboxylic acids is 1. The van der Waals surface area contributed by atoms with Gasteiger partial charge in [0, 0.05) is 79.5 Å². The van der Waals surface area contributed by atoms with Crippen LogP contribution in [0.5, 0.6) is 0 Å². The van der Waals surface area contributed by atoms with Gasteiger partial charge in [-0.25, -0.2) is 9.78 Å². The zero-order valence-electron chi connectivity index (χ0n) is 24.4. The number of nitrogens with one attached hydrogen (secondary N) is 3. The first kappa shape index (κ1) is 29.3. The molecule has 3 aromatic carbocycles. The van der Waals surface area contributed by atoms with Crippen LogP contribution in [0.4, 0.5) is 22.9 Å². The number of aromatic nitrogens is 2. The van der Waals surface area contributed by atoms with Crippen molar-refractivity contribution in [3.05, 3.63) is 101 Å². The molecule has 0 unspecified atom stereocenters. The Hall–Kier alpha value is -5.22. The Balaban J connectivity index is 1.25. The summed E-state index contributed by atoms with van der Waals surface area (Å²) < 4.78 is 6.50. The molecule has 0 spiro atoms. The Morgan fingerprint density at radius 1 is 1.05 bits per heavy atom. The summed E-state index contributed by atoms with van der Waals surface area (Å²) in [5, 5.41) is 19.5. The smallest absolute Gasteiger partial charge is 0.337 e. The second-order valence-electron chi connectivity index (χ2n) is 10.3. The molecule has 0 atom stereocenters. The van der Waals surface area contributed by atoms with Crippen LogP contribution in [0.25, 0.3) is 17.5 Å². The largest absolute Gasteiger partial charge is 0.465 e. The van der Waals surface area contributed by atoms with Crippen LogP contribution in [0.3, 0.4) is 0 Å². The third-order valence-electron chi connectivity index (χ3n) is 7.47. The van der Waals surface area contributed by atoms with Crippen molar-refractivity contribution in [1.29, 1.82) is 10.8 Å². The molecule has 0 bridgehead atoms. The van der Waals surface area contributed by atoms with E-state index in [0.717, 1.165) is 49.7 Å². The maximum absolute atomic E-state index is 11.7. The number of ether oxygens (including phenoxy) is 1. The van der Waals surface area contributed by atoms with E-state index >= 15 is 0 Å². The number of anilines is 4. The van der Waals surface area contributed by atoms with Crippen molar-refractivity contribution in [3.8, 4) is 11.3 Å². The summed E-state index contributed by atoms with van der Waals surface area (Å²) in [6.07, 6.45) is 6.71. The fourth-order valence-corrected chi connectivity index (χ4v) is 5.07. The van der Waals surface area contributed by atoms with Gasteiger partial charge in [0.25, 0.3) is 0 Å². The molecule has 43 heavy (non-hydrogen) atoms. The topological polar surface area (TPSA) is 136 Å². The highest BCUT2D eigenvalue weighted by molar-refractivity contribution is 5.89. The predicted octanol–water partition coefficient (Wildman–Crippen LogP) is 4.95. The average molecular weight is 577 g/mol. The Bertz CT molecular complexity index is 1690. The summed E-state index contributed by atoms with van der Waals surface area (Å²) in [4.78, 5) is 21.2. The quantitative estimate of drug-likeness (QED) is 0.126. The van der Waals surface area contributed by atoms with Crippen LogP contribution in [0, 0.1) is 10.8 Å². The molecule has 10 heteroatoms. The normalized spacial score (nSPS) is 13.7. The second kappa shape index (κ2) is 13.2. The van der Waals surface area contributed by atoms with Crippen LogP contribution in [-0.4, -0.2) is 59.9 Å². The van der Waals surface area contributed by atoms with Gasteiger partial charge in [-0.2, -0.15) is 0 Å². The van der Waals surface area contributed by atoms with Gasteiger partial charge in [0.2, 0.25) is 0 Å².